The third-order valence-corrected chi connectivity index (χ3v) is 6.11. The standard InChI is InChI=1S/C22H28N2O4.ClH/c1-3-16-11-20(26)28-18-10-15(2)9-17(21(16)18)27-12-19(25)24-8-4-5-22(14-24)6-7-23-13-22;/h9-11,23H,3-8,12-14H2,1-2H3;1H. The molecule has 2 aliphatic heterocycles. The molecule has 4 rings (SSSR count). The zero-order chi connectivity index (χ0) is 19.7. The molecule has 1 atom stereocenters. The Hall–Kier alpha value is -2.05. The number of likely N-dealkylation sites (tertiary alicyclic amines) is 1. The summed E-state index contributed by atoms with van der Waals surface area (Å²) < 4.78 is 11.4. The highest BCUT2D eigenvalue weighted by Crippen LogP contribution is 2.35. The zero-order valence-electron chi connectivity index (χ0n) is 17.1. The average Bonchev–Trinajstić information content (AvgIpc) is 3.12. The van der Waals surface area contributed by atoms with Gasteiger partial charge in [0.15, 0.2) is 6.61 Å². The Bertz CT molecular complexity index is 950. The Kier molecular flexibility index (Phi) is 6.54. The maximum atomic E-state index is 12.8. The minimum absolute atomic E-state index is 0. The van der Waals surface area contributed by atoms with Gasteiger partial charge in [-0.15, -0.1) is 12.4 Å². The van der Waals surface area contributed by atoms with Gasteiger partial charge in [0.05, 0.1) is 5.39 Å². The Labute approximate surface area is 177 Å². The molecule has 2 saturated heterocycles. The molecule has 6 nitrogen and oxygen atoms in total. The van der Waals surface area contributed by atoms with Crippen LogP contribution in [0.25, 0.3) is 11.0 Å². The van der Waals surface area contributed by atoms with Gasteiger partial charge in [0.25, 0.3) is 5.91 Å². The quantitative estimate of drug-likeness (QED) is 0.769. The monoisotopic (exact) mass is 420 g/mol. The molecule has 1 aromatic heterocycles. The van der Waals surface area contributed by atoms with E-state index in [-0.39, 0.29) is 36.0 Å². The normalized spacial score (nSPS) is 21.4. The molecule has 29 heavy (non-hydrogen) atoms. The van der Waals surface area contributed by atoms with Crippen LogP contribution in [0.4, 0.5) is 0 Å². The molecular weight excluding hydrogens is 392 g/mol. The van der Waals surface area contributed by atoms with Crippen LogP contribution >= 0.6 is 12.4 Å². The Morgan fingerprint density at radius 1 is 1.31 bits per heavy atom. The average molecular weight is 421 g/mol. The van der Waals surface area contributed by atoms with E-state index in [4.69, 9.17) is 9.15 Å². The molecule has 0 saturated carbocycles. The Balaban J connectivity index is 0.00000240. The Morgan fingerprint density at radius 2 is 2.14 bits per heavy atom. The molecule has 2 fully saturated rings. The zero-order valence-corrected chi connectivity index (χ0v) is 17.9. The molecule has 1 N–H and O–H groups in total. The van der Waals surface area contributed by atoms with E-state index >= 15 is 0 Å². The van der Waals surface area contributed by atoms with Gasteiger partial charge in [-0.25, -0.2) is 4.79 Å². The van der Waals surface area contributed by atoms with E-state index in [2.05, 4.69) is 5.32 Å². The summed E-state index contributed by atoms with van der Waals surface area (Å²) in [4.78, 5) is 26.6. The topological polar surface area (TPSA) is 71.8 Å². The van der Waals surface area contributed by atoms with Crippen molar-refractivity contribution in [3.05, 3.63) is 39.7 Å². The number of carbonyl (C=O) groups excluding carboxylic acids is 1. The van der Waals surface area contributed by atoms with Crippen LogP contribution in [-0.4, -0.2) is 43.6 Å². The largest absolute Gasteiger partial charge is 0.483 e. The summed E-state index contributed by atoms with van der Waals surface area (Å²) in [5.74, 6) is 0.634. The molecule has 158 valence electrons. The van der Waals surface area contributed by atoms with E-state index in [9.17, 15) is 9.59 Å². The van der Waals surface area contributed by atoms with Crippen LogP contribution in [0.15, 0.2) is 27.4 Å². The summed E-state index contributed by atoms with van der Waals surface area (Å²) in [7, 11) is 0. The van der Waals surface area contributed by atoms with Gasteiger partial charge < -0.3 is 19.4 Å². The number of nitrogens with one attached hydrogen (secondary N) is 1. The van der Waals surface area contributed by atoms with E-state index in [1.807, 2.05) is 30.9 Å². The van der Waals surface area contributed by atoms with Crippen LogP contribution in [0.1, 0.15) is 37.3 Å². The van der Waals surface area contributed by atoms with Gasteiger partial charge in [0.1, 0.15) is 11.3 Å². The summed E-state index contributed by atoms with van der Waals surface area (Å²) in [6.07, 6.45) is 4.06. The van der Waals surface area contributed by atoms with Crippen molar-refractivity contribution < 1.29 is 13.9 Å². The van der Waals surface area contributed by atoms with E-state index in [0.29, 0.717) is 17.8 Å². The van der Waals surface area contributed by atoms with Gasteiger partial charge in [0, 0.05) is 31.1 Å². The first-order valence-corrected chi connectivity index (χ1v) is 10.2. The lowest BCUT2D eigenvalue weighted by Crippen LogP contribution is -2.48. The SMILES string of the molecule is CCc1cc(=O)oc2cc(C)cc(OCC(=O)N3CCCC4(CCNC4)C3)c12.Cl. The molecule has 1 amide bonds. The number of rotatable bonds is 4. The van der Waals surface area contributed by atoms with E-state index in [1.165, 1.54) is 12.5 Å². The van der Waals surface area contributed by atoms with Gasteiger partial charge in [-0.3, -0.25) is 4.79 Å². The summed E-state index contributed by atoms with van der Waals surface area (Å²) >= 11 is 0. The van der Waals surface area contributed by atoms with Crippen LogP contribution in [-0.2, 0) is 11.2 Å². The van der Waals surface area contributed by atoms with Crippen molar-refractivity contribution in [2.24, 2.45) is 5.41 Å². The fraction of sp³-hybridized carbons (Fsp3) is 0.545. The number of ether oxygens (including phenoxy) is 1. The number of hydrogen-bond donors (Lipinski definition) is 1. The molecule has 3 heterocycles. The van der Waals surface area contributed by atoms with Crippen LogP contribution in [0, 0.1) is 12.3 Å². The molecular formula is C22H29ClN2O4. The van der Waals surface area contributed by atoms with E-state index < -0.39 is 0 Å². The lowest BCUT2D eigenvalue weighted by atomic mass is 9.79. The second kappa shape index (κ2) is 8.76. The summed E-state index contributed by atoms with van der Waals surface area (Å²) in [5, 5.41) is 4.23. The number of piperidine rings is 1. The second-order valence-corrected chi connectivity index (χ2v) is 8.21. The van der Waals surface area contributed by atoms with Crippen molar-refractivity contribution in [2.45, 2.75) is 39.5 Å². The number of aryl methyl sites for hydroxylation is 2. The molecule has 1 aromatic carbocycles. The van der Waals surface area contributed by atoms with Crippen LogP contribution in [0.3, 0.4) is 0 Å². The third-order valence-electron chi connectivity index (χ3n) is 6.11. The minimum atomic E-state index is -0.360. The van der Waals surface area contributed by atoms with Gasteiger partial charge in [-0.2, -0.15) is 0 Å². The fourth-order valence-electron chi connectivity index (χ4n) is 4.66. The first-order chi connectivity index (χ1) is 13.5. The predicted octanol–water partition coefficient (Wildman–Crippen LogP) is 3.07. The van der Waals surface area contributed by atoms with Gasteiger partial charge in [0.2, 0.25) is 0 Å². The van der Waals surface area contributed by atoms with E-state index in [0.717, 1.165) is 55.5 Å². The lowest BCUT2D eigenvalue weighted by Gasteiger charge is -2.40. The van der Waals surface area contributed by atoms with Gasteiger partial charge >= 0.3 is 5.63 Å². The number of nitrogens with zero attached hydrogens (tertiary/aromatic N) is 1. The molecule has 7 heteroatoms. The summed E-state index contributed by atoms with van der Waals surface area (Å²) in [6, 6.07) is 5.26. The Morgan fingerprint density at radius 3 is 2.86 bits per heavy atom. The molecule has 2 aliphatic rings. The lowest BCUT2D eigenvalue weighted by molar-refractivity contribution is -0.136. The highest BCUT2D eigenvalue weighted by Gasteiger charge is 2.39. The second-order valence-electron chi connectivity index (χ2n) is 8.21. The van der Waals surface area contributed by atoms with Crippen molar-refractivity contribution in [1.82, 2.24) is 10.2 Å². The molecule has 0 aliphatic carbocycles. The van der Waals surface area contributed by atoms with Crippen molar-refractivity contribution in [1.29, 1.82) is 0 Å². The number of amides is 1. The predicted molar refractivity (Wildman–Crippen MR) is 115 cm³/mol. The molecule has 0 bridgehead atoms. The number of halogens is 1. The van der Waals surface area contributed by atoms with Crippen molar-refractivity contribution in [3.63, 3.8) is 0 Å². The molecule has 1 spiro atoms. The van der Waals surface area contributed by atoms with Crippen LogP contribution in [0.5, 0.6) is 5.75 Å². The van der Waals surface area contributed by atoms with Gasteiger partial charge in [-0.05, 0) is 62.4 Å². The molecule has 0 radical (unpaired) electrons. The maximum Gasteiger partial charge on any atom is 0.336 e. The van der Waals surface area contributed by atoms with Crippen molar-refractivity contribution >= 4 is 29.3 Å². The number of fused-ring (bicyclic) bond motifs is 1. The fourth-order valence-corrected chi connectivity index (χ4v) is 4.66. The first kappa shape index (κ1) is 21.7. The maximum absolute atomic E-state index is 12.8. The van der Waals surface area contributed by atoms with Gasteiger partial charge in [-0.1, -0.05) is 6.92 Å². The number of hydrogen-bond acceptors (Lipinski definition) is 5. The minimum Gasteiger partial charge on any atom is -0.483 e. The third kappa shape index (κ3) is 4.43. The molecule has 2 aromatic rings. The number of benzene rings is 1. The molecule has 1 unspecified atom stereocenters. The summed E-state index contributed by atoms with van der Waals surface area (Å²) in [6.45, 7) is 7.57. The number of carbonyl (C=O) groups is 1. The van der Waals surface area contributed by atoms with E-state index in [1.54, 1.807) is 0 Å². The smallest absolute Gasteiger partial charge is 0.336 e. The summed E-state index contributed by atoms with van der Waals surface area (Å²) in [5.41, 5.74) is 2.20. The van der Waals surface area contributed by atoms with Crippen LogP contribution in [0.2, 0.25) is 0 Å². The van der Waals surface area contributed by atoms with Crippen molar-refractivity contribution in [3.8, 4) is 5.75 Å². The highest BCUT2D eigenvalue weighted by atomic mass is 35.5. The van der Waals surface area contributed by atoms with Crippen molar-refractivity contribution in [2.75, 3.05) is 32.8 Å². The highest BCUT2D eigenvalue weighted by molar-refractivity contribution is 5.88. The van der Waals surface area contributed by atoms with Crippen LogP contribution < -0.4 is 15.7 Å². The first-order valence-electron chi connectivity index (χ1n) is 10.2.